The number of thiazole rings is 1. The molecule has 0 spiro atoms. The van der Waals surface area contributed by atoms with E-state index in [1.165, 1.54) is 31.4 Å². The first-order valence-electron chi connectivity index (χ1n) is 10.0. The smallest absolute Gasteiger partial charge is 0.244 e. The third-order valence-electron chi connectivity index (χ3n) is 4.54. The molecule has 2 amide bonds. The number of sulfonamides is 1. The quantitative estimate of drug-likeness (QED) is 0.206. The van der Waals surface area contributed by atoms with Gasteiger partial charge >= 0.3 is 0 Å². The summed E-state index contributed by atoms with van der Waals surface area (Å²) in [6.07, 6.45) is 2.94. The molecule has 0 atom stereocenters. The molecular formula is C20H28N4O6S2. The van der Waals surface area contributed by atoms with E-state index in [1.54, 1.807) is 24.5 Å². The van der Waals surface area contributed by atoms with Crippen LogP contribution in [-0.4, -0.2) is 44.1 Å². The maximum atomic E-state index is 12.9. The maximum Gasteiger partial charge on any atom is 0.244 e. The number of benzene rings is 1. The Kier molecular flexibility index (Phi) is 9.57. The number of methoxy groups -OCH3 is 1. The number of anilines is 1. The van der Waals surface area contributed by atoms with E-state index in [4.69, 9.17) is 9.94 Å². The third-order valence-corrected chi connectivity index (χ3v) is 7.15. The van der Waals surface area contributed by atoms with E-state index in [1.807, 2.05) is 0 Å². The molecule has 0 bridgehead atoms. The van der Waals surface area contributed by atoms with Gasteiger partial charge in [0.2, 0.25) is 21.8 Å². The topological polar surface area (TPSA) is 147 Å². The average Bonchev–Trinajstić information content (AvgIpc) is 3.11. The molecule has 0 aliphatic carbocycles. The minimum Gasteiger partial charge on any atom is -0.495 e. The Morgan fingerprint density at radius 1 is 1.19 bits per heavy atom. The van der Waals surface area contributed by atoms with Crippen molar-refractivity contribution in [1.82, 2.24) is 15.2 Å². The number of aryl methyl sites for hydroxylation is 1. The number of hydroxylamine groups is 1. The molecule has 0 radical (unpaired) electrons. The summed E-state index contributed by atoms with van der Waals surface area (Å²) in [6, 6.07) is 4.87. The molecule has 2 aromatic rings. The van der Waals surface area contributed by atoms with Crippen LogP contribution in [0.5, 0.6) is 5.75 Å². The van der Waals surface area contributed by atoms with Crippen molar-refractivity contribution in [2.45, 2.75) is 50.8 Å². The SMILES string of the molecule is COc1ccc(-c2sc(NC(C)=O)nc2C)cc1S(=O)(=O)NCCCCCCC(=O)NO. The van der Waals surface area contributed by atoms with Gasteiger partial charge in [-0.3, -0.25) is 14.8 Å². The molecule has 1 heterocycles. The van der Waals surface area contributed by atoms with Crippen LogP contribution in [-0.2, 0) is 19.6 Å². The van der Waals surface area contributed by atoms with Gasteiger partial charge in [-0.05, 0) is 43.5 Å². The first-order chi connectivity index (χ1) is 15.2. The lowest BCUT2D eigenvalue weighted by Gasteiger charge is -2.12. The third kappa shape index (κ3) is 7.26. The van der Waals surface area contributed by atoms with Gasteiger partial charge in [0.1, 0.15) is 10.6 Å². The van der Waals surface area contributed by atoms with Crippen LogP contribution >= 0.6 is 11.3 Å². The van der Waals surface area contributed by atoms with Crippen LogP contribution < -0.4 is 20.3 Å². The lowest BCUT2D eigenvalue weighted by Crippen LogP contribution is -2.25. The highest BCUT2D eigenvalue weighted by Crippen LogP contribution is 2.36. The summed E-state index contributed by atoms with van der Waals surface area (Å²) in [6.45, 7) is 3.43. The Morgan fingerprint density at radius 3 is 2.56 bits per heavy atom. The molecule has 2 rings (SSSR count). The molecule has 0 saturated carbocycles. The molecule has 10 nitrogen and oxygen atoms in total. The van der Waals surface area contributed by atoms with Gasteiger partial charge in [0.25, 0.3) is 0 Å². The summed E-state index contributed by atoms with van der Waals surface area (Å²) in [5.74, 6) is -0.442. The number of amides is 2. The Balaban J connectivity index is 2.08. The van der Waals surface area contributed by atoms with Crippen molar-refractivity contribution in [3.05, 3.63) is 23.9 Å². The van der Waals surface area contributed by atoms with Crippen LogP contribution in [0.2, 0.25) is 0 Å². The van der Waals surface area contributed by atoms with Gasteiger partial charge < -0.3 is 10.1 Å². The molecular weight excluding hydrogens is 456 g/mol. The number of carbonyl (C=O) groups is 2. The highest BCUT2D eigenvalue weighted by molar-refractivity contribution is 7.89. The summed E-state index contributed by atoms with van der Waals surface area (Å²) in [7, 11) is -2.42. The zero-order valence-electron chi connectivity index (χ0n) is 18.2. The Bertz CT molecular complexity index is 1050. The van der Waals surface area contributed by atoms with Crippen LogP contribution in [0.4, 0.5) is 5.13 Å². The number of nitrogens with zero attached hydrogens (tertiary/aromatic N) is 1. The van der Waals surface area contributed by atoms with E-state index in [0.29, 0.717) is 29.2 Å². The van der Waals surface area contributed by atoms with E-state index >= 15 is 0 Å². The first kappa shape index (κ1) is 25.7. The normalized spacial score (nSPS) is 11.2. The van der Waals surface area contributed by atoms with Crippen molar-refractivity contribution in [2.24, 2.45) is 0 Å². The van der Waals surface area contributed by atoms with Crippen molar-refractivity contribution in [2.75, 3.05) is 19.0 Å². The van der Waals surface area contributed by atoms with Gasteiger partial charge in [-0.1, -0.05) is 24.2 Å². The molecule has 0 saturated heterocycles. The predicted octanol–water partition coefficient (Wildman–Crippen LogP) is 2.82. The molecule has 0 fully saturated rings. The Morgan fingerprint density at radius 2 is 1.91 bits per heavy atom. The van der Waals surface area contributed by atoms with Crippen molar-refractivity contribution in [3.8, 4) is 16.2 Å². The molecule has 0 aliphatic heterocycles. The number of ether oxygens (including phenoxy) is 1. The van der Waals surface area contributed by atoms with Crippen molar-refractivity contribution in [1.29, 1.82) is 0 Å². The van der Waals surface area contributed by atoms with Crippen molar-refractivity contribution < 1.29 is 28.0 Å². The van der Waals surface area contributed by atoms with Gasteiger partial charge in [-0.25, -0.2) is 23.6 Å². The fraction of sp³-hybridized carbons (Fsp3) is 0.450. The van der Waals surface area contributed by atoms with E-state index < -0.39 is 15.9 Å². The number of unbranched alkanes of at least 4 members (excludes halogenated alkanes) is 3. The van der Waals surface area contributed by atoms with Crippen LogP contribution in [0.3, 0.4) is 0 Å². The minimum atomic E-state index is -3.83. The largest absolute Gasteiger partial charge is 0.495 e. The van der Waals surface area contributed by atoms with Gasteiger partial charge in [0.15, 0.2) is 5.13 Å². The van der Waals surface area contributed by atoms with E-state index in [-0.39, 0.29) is 29.5 Å². The Labute approximate surface area is 191 Å². The first-order valence-corrected chi connectivity index (χ1v) is 12.3. The molecule has 0 aliphatic rings. The van der Waals surface area contributed by atoms with E-state index in [2.05, 4.69) is 15.0 Å². The fourth-order valence-electron chi connectivity index (χ4n) is 3.00. The zero-order valence-corrected chi connectivity index (χ0v) is 19.9. The molecule has 1 aromatic carbocycles. The van der Waals surface area contributed by atoms with E-state index in [0.717, 1.165) is 17.7 Å². The van der Waals surface area contributed by atoms with Gasteiger partial charge in [0.05, 0.1) is 17.7 Å². The zero-order chi connectivity index (χ0) is 23.7. The van der Waals surface area contributed by atoms with Crippen LogP contribution in [0.1, 0.15) is 44.7 Å². The number of nitrogens with one attached hydrogen (secondary N) is 3. The second kappa shape index (κ2) is 11.9. The molecule has 0 unspecified atom stereocenters. The summed E-state index contributed by atoms with van der Waals surface area (Å²) in [5, 5.41) is 11.5. The van der Waals surface area contributed by atoms with Crippen LogP contribution in [0.15, 0.2) is 23.1 Å². The number of hydrogen-bond acceptors (Lipinski definition) is 8. The Hall–Kier alpha value is -2.54. The lowest BCUT2D eigenvalue weighted by atomic mass is 10.1. The van der Waals surface area contributed by atoms with Gasteiger partial charge in [-0.2, -0.15) is 0 Å². The summed E-state index contributed by atoms with van der Waals surface area (Å²) < 4.78 is 33.7. The number of rotatable bonds is 12. The second-order valence-electron chi connectivity index (χ2n) is 7.08. The lowest BCUT2D eigenvalue weighted by molar-refractivity contribution is -0.129. The summed E-state index contributed by atoms with van der Waals surface area (Å²) in [5.41, 5.74) is 2.91. The molecule has 32 heavy (non-hydrogen) atoms. The highest BCUT2D eigenvalue weighted by Gasteiger charge is 2.21. The van der Waals surface area contributed by atoms with Crippen molar-refractivity contribution in [3.63, 3.8) is 0 Å². The second-order valence-corrected chi connectivity index (χ2v) is 9.81. The van der Waals surface area contributed by atoms with Crippen LogP contribution in [0, 0.1) is 6.92 Å². The number of aromatic nitrogens is 1. The average molecular weight is 485 g/mol. The monoisotopic (exact) mass is 484 g/mol. The molecule has 1 aromatic heterocycles. The number of carbonyl (C=O) groups excluding carboxylic acids is 2. The minimum absolute atomic E-state index is 0.0194. The van der Waals surface area contributed by atoms with Crippen molar-refractivity contribution >= 4 is 38.3 Å². The van der Waals surface area contributed by atoms with E-state index in [9.17, 15) is 18.0 Å². The van der Waals surface area contributed by atoms with Gasteiger partial charge in [-0.15, -0.1) is 0 Å². The number of hydrogen-bond donors (Lipinski definition) is 4. The highest BCUT2D eigenvalue weighted by atomic mass is 32.2. The maximum absolute atomic E-state index is 12.9. The fourth-order valence-corrected chi connectivity index (χ4v) is 5.28. The standard InChI is InChI=1S/C20H28N4O6S2/c1-13-19(31-20(22-13)23-14(2)25)15-9-10-16(30-3)17(12-15)32(28,29)21-11-7-5-4-6-8-18(26)24-27/h9-10,12,21,27H,4-8,11H2,1-3H3,(H,24,26)(H,22,23,25). The molecule has 176 valence electrons. The molecule has 4 N–H and O–H groups in total. The summed E-state index contributed by atoms with van der Waals surface area (Å²) in [4.78, 5) is 27.3. The van der Waals surface area contributed by atoms with Gasteiger partial charge in [0, 0.05) is 19.9 Å². The summed E-state index contributed by atoms with van der Waals surface area (Å²) >= 11 is 1.26. The molecule has 12 heteroatoms. The predicted molar refractivity (Wildman–Crippen MR) is 121 cm³/mol. The van der Waals surface area contributed by atoms with Crippen LogP contribution in [0.25, 0.3) is 10.4 Å².